The lowest BCUT2D eigenvalue weighted by atomic mass is 9.91. The number of fused-ring (bicyclic) bond motifs is 2. The molecule has 0 aliphatic carbocycles. The number of hydrogen-bond donors (Lipinski definition) is 12. The van der Waals surface area contributed by atoms with Crippen LogP contribution in [0, 0.1) is 11.8 Å². The largest absolute Gasteiger partial charge is 0.508 e. The van der Waals surface area contributed by atoms with Gasteiger partial charge in [0, 0.05) is 51.9 Å². The SMILES string of the molecule is CC[C@H](C)C[C@H](C)CCCCCCCCC(=O)N[C@H]1C[C@@H](O)CNC(=O)[C@@H]2[C@@H](O)CCN2C(=O)[C@H]([C@H](O)CCN(C)C)NC(=O)[C@H]([C@H](O)Cc2ccc(O)cc2)NC(=O)[C@@H]2C[C@@H](O)CN2C(=O)[C@H]([C@@H](C)O)NC1=O. The summed E-state index contributed by atoms with van der Waals surface area (Å²) in [6.07, 6.45) is -1.76. The maximum absolute atomic E-state index is 14.5. The third-order valence-electron chi connectivity index (χ3n) is 14.5. The molecule has 0 saturated carbocycles. The lowest BCUT2D eigenvalue weighted by Crippen LogP contribution is -2.64. The summed E-state index contributed by atoms with van der Waals surface area (Å²) in [5.74, 6) is -5.45. The summed E-state index contributed by atoms with van der Waals surface area (Å²) in [7, 11) is 3.42. The van der Waals surface area contributed by atoms with E-state index in [1.165, 1.54) is 50.5 Å². The van der Waals surface area contributed by atoms with Crippen molar-refractivity contribution in [3.8, 4) is 5.75 Å². The highest BCUT2D eigenvalue weighted by Crippen LogP contribution is 2.25. The molecular formula is C52H86N8O14. The van der Waals surface area contributed by atoms with Crippen LogP contribution in [0.25, 0.3) is 0 Å². The Labute approximate surface area is 435 Å². The Morgan fingerprint density at radius 2 is 1.35 bits per heavy atom. The number of rotatable bonds is 21. The van der Waals surface area contributed by atoms with Crippen molar-refractivity contribution >= 4 is 41.4 Å². The molecule has 12 N–H and O–H groups in total. The first-order valence-electron chi connectivity index (χ1n) is 26.6. The van der Waals surface area contributed by atoms with Gasteiger partial charge in [-0.05, 0) is 76.2 Å². The zero-order chi connectivity index (χ0) is 54.8. The number of β-amino-alcohol motifs (C(OH)–C–C–N with tert-alkyl or cyclic N) is 1. The summed E-state index contributed by atoms with van der Waals surface area (Å²) in [4.78, 5) is 103. The standard InChI is InChI=1S/C52H86N8O14/c1-7-30(2)24-31(3)14-12-10-8-9-11-13-15-42(68)54-37-26-35(63)28-53-50(72)46-40(66)21-23-59(46)52(74)45(39(65)20-22-58(5)6)57-49(71)44(41(67)25-33-16-18-34(62)19-17-33)56-48(70)38-27-36(64)29-60(38)51(73)43(32(4)61)55-47(37)69/h16-19,30-32,35-41,43-46,61-67H,7-15,20-29H2,1-6H3,(H,53,72)(H,54,68)(H,55,69)(H,56,70)(H,57,71)/t30-,31+,32+,35+,36+,37-,38-,39+,40-,41+,43-,44-,45-,46-/m0/s1. The summed E-state index contributed by atoms with van der Waals surface area (Å²) in [6.45, 7) is 6.96. The number of benzene rings is 1. The van der Waals surface area contributed by atoms with Gasteiger partial charge in [-0.25, -0.2) is 0 Å². The Morgan fingerprint density at radius 3 is 2.00 bits per heavy atom. The molecule has 22 heteroatoms. The molecule has 4 rings (SSSR count). The zero-order valence-electron chi connectivity index (χ0n) is 44.2. The predicted molar refractivity (Wildman–Crippen MR) is 272 cm³/mol. The molecule has 0 bridgehead atoms. The van der Waals surface area contributed by atoms with Crippen molar-refractivity contribution in [2.24, 2.45) is 11.8 Å². The monoisotopic (exact) mass is 1050 g/mol. The summed E-state index contributed by atoms with van der Waals surface area (Å²) < 4.78 is 0. The van der Waals surface area contributed by atoms with Crippen LogP contribution in [-0.2, 0) is 40.0 Å². The van der Waals surface area contributed by atoms with Gasteiger partial charge in [-0.15, -0.1) is 0 Å². The van der Waals surface area contributed by atoms with Gasteiger partial charge in [-0.2, -0.15) is 0 Å². The Hall–Kier alpha value is -4.97. The highest BCUT2D eigenvalue weighted by Gasteiger charge is 2.48. The number of hydrogen-bond acceptors (Lipinski definition) is 15. The van der Waals surface area contributed by atoms with Crippen LogP contribution < -0.4 is 26.6 Å². The molecule has 1 aromatic carbocycles. The number of nitrogens with zero attached hydrogens (tertiary/aromatic N) is 3. The van der Waals surface area contributed by atoms with Crippen molar-refractivity contribution in [2.75, 3.05) is 40.3 Å². The predicted octanol–water partition coefficient (Wildman–Crippen LogP) is -1.07. The van der Waals surface area contributed by atoms with Crippen LogP contribution in [0.15, 0.2) is 24.3 Å². The number of aromatic hydroxyl groups is 1. The van der Waals surface area contributed by atoms with Gasteiger partial charge in [-0.1, -0.05) is 77.8 Å². The molecule has 0 unspecified atom stereocenters. The third kappa shape index (κ3) is 18.7. The minimum atomic E-state index is -1.92. The van der Waals surface area contributed by atoms with Crippen LogP contribution in [0.3, 0.4) is 0 Å². The van der Waals surface area contributed by atoms with Gasteiger partial charge in [0.05, 0.1) is 36.6 Å². The second-order valence-corrected chi connectivity index (χ2v) is 21.3. The van der Waals surface area contributed by atoms with Crippen molar-refractivity contribution in [3.05, 3.63) is 29.8 Å². The molecule has 0 aromatic heterocycles. The Balaban J connectivity index is 1.65. The van der Waals surface area contributed by atoms with Gasteiger partial charge in [0.1, 0.15) is 42.0 Å². The van der Waals surface area contributed by atoms with E-state index in [1.807, 2.05) is 0 Å². The minimum Gasteiger partial charge on any atom is -0.508 e. The summed E-state index contributed by atoms with van der Waals surface area (Å²) in [5, 5.41) is 89.9. The van der Waals surface area contributed by atoms with Gasteiger partial charge >= 0.3 is 0 Å². The maximum atomic E-state index is 14.5. The summed E-state index contributed by atoms with van der Waals surface area (Å²) >= 11 is 0. The summed E-state index contributed by atoms with van der Waals surface area (Å²) in [5.41, 5.74) is 0.403. The van der Waals surface area contributed by atoms with Gasteiger partial charge in [0.2, 0.25) is 41.4 Å². The van der Waals surface area contributed by atoms with Crippen molar-refractivity contribution in [1.82, 2.24) is 41.3 Å². The number of phenols is 1. The molecule has 0 spiro atoms. The number of amides is 7. The zero-order valence-corrected chi connectivity index (χ0v) is 44.2. The maximum Gasteiger partial charge on any atom is 0.248 e. The first-order valence-corrected chi connectivity index (χ1v) is 26.6. The third-order valence-corrected chi connectivity index (χ3v) is 14.5. The van der Waals surface area contributed by atoms with E-state index in [9.17, 15) is 69.3 Å². The number of aliphatic hydroxyl groups is 6. The Bertz CT molecular complexity index is 2000. The van der Waals surface area contributed by atoms with Crippen LogP contribution in [0.1, 0.15) is 123 Å². The molecule has 418 valence electrons. The van der Waals surface area contributed by atoms with E-state index < -0.39 is 134 Å². The minimum absolute atomic E-state index is 0.0278. The van der Waals surface area contributed by atoms with E-state index in [2.05, 4.69) is 47.4 Å². The number of carbonyl (C=O) groups excluding carboxylic acids is 7. The van der Waals surface area contributed by atoms with E-state index in [1.54, 1.807) is 19.0 Å². The molecular weight excluding hydrogens is 961 g/mol. The van der Waals surface area contributed by atoms with Crippen LogP contribution in [0.5, 0.6) is 5.75 Å². The van der Waals surface area contributed by atoms with Crippen LogP contribution in [-0.4, -0.2) is 205 Å². The fourth-order valence-electron chi connectivity index (χ4n) is 9.98. The van der Waals surface area contributed by atoms with Crippen LogP contribution in [0.4, 0.5) is 0 Å². The van der Waals surface area contributed by atoms with Gasteiger partial charge < -0.3 is 77.0 Å². The molecule has 7 amide bonds. The van der Waals surface area contributed by atoms with E-state index in [0.29, 0.717) is 23.8 Å². The number of phenolic OH excluding ortho intramolecular Hbond substituents is 1. The second-order valence-electron chi connectivity index (χ2n) is 21.3. The Morgan fingerprint density at radius 1 is 0.730 bits per heavy atom. The molecule has 3 heterocycles. The molecule has 22 nitrogen and oxygen atoms in total. The number of nitrogens with one attached hydrogen (secondary N) is 5. The Kier molecular flexibility index (Phi) is 24.9. The lowest BCUT2D eigenvalue weighted by Gasteiger charge is -2.34. The number of carbonyl (C=O) groups is 7. The molecule has 0 radical (unpaired) electrons. The van der Waals surface area contributed by atoms with E-state index >= 15 is 0 Å². The summed E-state index contributed by atoms with van der Waals surface area (Å²) in [6, 6.07) is -4.61. The molecule has 3 aliphatic heterocycles. The van der Waals surface area contributed by atoms with Crippen LogP contribution >= 0.6 is 0 Å². The normalized spacial score (nSPS) is 27.9. The van der Waals surface area contributed by atoms with Crippen LogP contribution in [0.2, 0.25) is 0 Å². The van der Waals surface area contributed by atoms with E-state index in [-0.39, 0.29) is 50.9 Å². The van der Waals surface area contributed by atoms with E-state index in [0.717, 1.165) is 41.9 Å². The van der Waals surface area contributed by atoms with Crippen molar-refractivity contribution in [2.45, 2.75) is 197 Å². The topological polar surface area (TPSA) is 331 Å². The average Bonchev–Trinajstić information content (AvgIpc) is 3.94. The molecule has 1 aromatic rings. The fourth-order valence-corrected chi connectivity index (χ4v) is 9.98. The molecule has 3 fully saturated rings. The molecule has 3 saturated heterocycles. The quantitative estimate of drug-likeness (QED) is 0.0653. The number of unbranched alkanes of at least 4 members (excludes halogenated alkanes) is 5. The van der Waals surface area contributed by atoms with Gasteiger partial charge in [0.25, 0.3) is 0 Å². The smallest absolute Gasteiger partial charge is 0.248 e. The molecule has 74 heavy (non-hydrogen) atoms. The first kappa shape index (κ1) is 61.6. The fraction of sp³-hybridized carbons (Fsp3) is 0.750. The van der Waals surface area contributed by atoms with Crippen molar-refractivity contribution < 1.29 is 69.3 Å². The highest BCUT2D eigenvalue weighted by molar-refractivity contribution is 5.98. The van der Waals surface area contributed by atoms with Gasteiger partial charge in [0.15, 0.2) is 0 Å². The van der Waals surface area contributed by atoms with Gasteiger partial charge in [-0.3, -0.25) is 33.6 Å². The first-order chi connectivity index (χ1) is 35.0. The number of aliphatic hydroxyl groups excluding tert-OH is 6. The molecule has 3 aliphatic rings. The lowest BCUT2D eigenvalue weighted by molar-refractivity contribution is -0.147. The highest BCUT2D eigenvalue weighted by atomic mass is 16.3. The van der Waals surface area contributed by atoms with Crippen molar-refractivity contribution in [1.29, 1.82) is 0 Å². The second kappa shape index (κ2) is 29.9. The van der Waals surface area contributed by atoms with E-state index in [4.69, 9.17) is 0 Å². The van der Waals surface area contributed by atoms with Crippen molar-refractivity contribution in [3.63, 3.8) is 0 Å². The average molecular weight is 1050 g/mol. The molecule has 14 atom stereocenters.